The number of hydrogen-bond donors (Lipinski definition) is 1. The molecule has 2 aliphatic heterocycles. The second-order valence-electron chi connectivity index (χ2n) is 9.05. The number of amides is 1. The Hall–Kier alpha value is -3.69. The van der Waals surface area contributed by atoms with Gasteiger partial charge < -0.3 is 24.3 Å². The molecule has 3 aromatic rings. The van der Waals surface area contributed by atoms with Gasteiger partial charge in [0, 0.05) is 32.3 Å². The fraction of sp³-hybridized carbons (Fsp3) is 0.321. The largest absolute Gasteiger partial charge is 0.479 e. The van der Waals surface area contributed by atoms with Crippen molar-refractivity contribution in [3.63, 3.8) is 0 Å². The Morgan fingerprint density at radius 3 is 2.73 bits per heavy atom. The van der Waals surface area contributed by atoms with Crippen molar-refractivity contribution in [3.8, 4) is 17.2 Å². The Labute approximate surface area is 213 Å². The molecule has 9 heteroatoms. The summed E-state index contributed by atoms with van der Waals surface area (Å²) in [5.74, 6) is -0.0316. The lowest BCUT2D eigenvalue weighted by molar-refractivity contribution is -0.124. The first-order valence-electron chi connectivity index (χ1n) is 12.2. The molecule has 194 valence electrons. The molecule has 0 aromatic heterocycles. The van der Waals surface area contributed by atoms with Crippen molar-refractivity contribution < 1.29 is 32.5 Å². The molecule has 2 heterocycles. The number of nitrogens with one attached hydrogen (secondary N) is 1. The van der Waals surface area contributed by atoms with Crippen molar-refractivity contribution in [2.24, 2.45) is 0 Å². The van der Waals surface area contributed by atoms with Crippen LogP contribution in [0.2, 0.25) is 0 Å². The summed E-state index contributed by atoms with van der Waals surface area (Å²) in [4.78, 5) is 15.4. The van der Waals surface area contributed by atoms with E-state index in [0.717, 1.165) is 18.4 Å². The molecule has 1 saturated heterocycles. The number of nitrogens with zero attached hydrogens (tertiary/aromatic N) is 1. The van der Waals surface area contributed by atoms with E-state index >= 15 is 0 Å². The second kappa shape index (κ2) is 11.6. The van der Waals surface area contributed by atoms with Gasteiger partial charge in [0.05, 0.1) is 11.8 Å². The monoisotopic (exact) mass is 510 g/mol. The molecular formula is C28H28F2N2O5. The van der Waals surface area contributed by atoms with Crippen molar-refractivity contribution in [2.45, 2.75) is 31.6 Å². The van der Waals surface area contributed by atoms with Gasteiger partial charge in [0.2, 0.25) is 6.79 Å². The van der Waals surface area contributed by atoms with Gasteiger partial charge in [-0.1, -0.05) is 24.3 Å². The zero-order chi connectivity index (χ0) is 25.6. The van der Waals surface area contributed by atoms with Crippen LogP contribution >= 0.6 is 0 Å². The van der Waals surface area contributed by atoms with E-state index in [-0.39, 0.29) is 30.9 Å². The zero-order valence-corrected chi connectivity index (χ0v) is 20.2. The summed E-state index contributed by atoms with van der Waals surface area (Å²) in [7, 11) is 0. The van der Waals surface area contributed by atoms with Crippen LogP contribution in [0.15, 0.2) is 66.7 Å². The Morgan fingerprint density at radius 1 is 1.05 bits per heavy atom. The first kappa shape index (κ1) is 25.0. The van der Waals surface area contributed by atoms with Crippen LogP contribution in [-0.2, 0) is 16.1 Å². The summed E-state index contributed by atoms with van der Waals surface area (Å²) in [6.45, 7) is 2.07. The smallest absolute Gasteiger partial charge is 0.266 e. The highest BCUT2D eigenvalue weighted by molar-refractivity contribution is 5.94. The quantitative estimate of drug-likeness (QED) is 0.424. The Morgan fingerprint density at radius 2 is 1.92 bits per heavy atom. The molecule has 1 fully saturated rings. The number of carbonyl (C=O) groups excluding carboxylic acids is 1. The summed E-state index contributed by atoms with van der Waals surface area (Å²) >= 11 is 0. The standard InChI is InChI=1S/C28H28F2N2O5/c29-20-5-3-6-21(14-20)37-27(28(33)31-24-9-2-1-8-23(24)30)17-32(16-22-7-4-12-34-22)15-19-10-11-25-26(13-19)36-18-35-25/h1-3,5-6,8-11,13-14,22,27H,4,7,12,15-18H2,(H,31,33)/t22-,27+/m0/s1. The fourth-order valence-electron chi connectivity index (χ4n) is 4.47. The lowest BCUT2D eigenvalue weighted by Crippen LogP contribution is -2.45. The highest BCUT2D eigenvalue weighted by Crippen LogP contribution is 2.33. The summed E-state index contributed by atoms with van der Waals surface area (Å²) in [6, 6.07) is 17.2. The number of carbonyl (C=O) groups is 1. The summed E-state index contributed by atoms with van der Waals surface area (Å²) in [6.07, 6.45) is 0.837. The molecule has 0 aliphatic carbocycles. The molecule has 7 nitrogen and oxygen atoms in total. The van der Waals surface area contributed by atoms with Crippen LogP contribution in [0.5, 0.6) is 17.2 Å². The van der Waals surface area contributed by atoms with Gasteiger partial charge in [0.15, 0.2) is 17.6 Å². The summed E-state index contributed by atoms with van der Waals surface area (Å²) in [5, 5.41) is 2.61. The lowest BCUT2D eigenvalue weighted by atomic mass is 10.1. The number of ether oxygens (including phenoxy) is 4. The molecule has 3 aromatic carbocycles. The molecule has 0 unspecified atom stereocenters. The third-order valence-electron chi connectivity index (χ3n) is 6.25. The van der Waals surface area contributed by atoms with Gasteiger partial charge in [-0.2, -0.15) is 0 Å². The van der Waals surface area contributed by atoms with E-state index in [1.165, 1.54) is 30.3 Å². The molecule has 0 saturated carbocycles. The topological polar surface area (TPSA) is 69.3 Å². The van der Waals surface area contributed by atoms with E-state index in [9.17, 15) is 13.6 Å². The molecule has 2 atom stereocenters. The third-order valence-corrected chi connectivity index (χ3v) is 6.25. The van der Waals surface area contributed by atoms with Crippen molar-refractivity contribution >= 4 is 11.6 Å². The molecule has 0 radical (unpaired) electrons. The number of para-hydroxylation sites is 1. The maximum absolute atomic E-state index is 14.3. The van der Waals surface area contributed by atoms with Gasteiger partial charge in [-0.25, -0.2) is 8.78 Å². The van der Waals surface area contributed by atoms with Gasteiger partial charge in [0.25, 0.3) is 5.91 Å². The average Bonchev–Trinajstić information content (AvgIpc) is 3.57. The minimum Gasteiger partial charge on any atom is -0.479 e. The number of benzene rings is 3. The summed E-state index contributed by atoms with van der Waals surface area (Å²) < 4.78 is 50.9. The predicted molar refractivity (Wildman–Crippen MR) is 133 cm³/mol. The van der Waals surface area contributed by atoms with Crippen molar-refractivity contribution in [3.05, 3.63) is 83.9 Å². The van der Waals surface area contributed by atoms with Crippen molar-refractivity contribution in [2.75, 3.05) is 31.8 Å². The van der Waals surface area contributed by atoms with Gasteiger partial charge in [-0.05, 0) is 54.8 Å². The molecule has 0 spiro atoms. The maximum Gasteiger partial charge on any atom is 0.266 e. The molecule has 1 N–H and O–H groups in total. The van der Waals surface area contributed by atoms with Crippen LogP contribution in [0.25, 0.3) is 0 Å². The molecule has 0 bridgehead atoms. The van der Waals surface area contributed by atoms with Crippen molar-refractivity contribution in [1.82, 2.24) is 4.90 Å². The molecule has 37 heavy (non-hydrogen) atoms. The zero-order valence-electron chi connectivity index (χ0n) is 20.2. The van der Waals surface area contributed by atoms with Crippen LogP contribution in [-0.4, -0.2) is 49.5 Å². The van der Waals surface area contributed by atoms with Crippen LogP contribution in [0.4, 0.5) is 14.5 Å². The lowest BCUT2D eigenvalue weighted by Gasteiger charge is -2.29. The first-order chi connectivity index (χ1) is 18.0. The Bertz CT molecular complexity index is 1230. The normalized spacial score (nSPS) is 17.1. The number of anilines is 1. The van der Waals surface area contributed by atoms with E-state index in [4.69, 9.17) is 18.9 Å². The van der Waals surface area contributed by atoms with Crippen molar-refractivity contribution in [1.29, 1.82) is 0 Å². The van der Waals surface area contributed by atoms with Crippen LogP contribution in [0.3, 0.4) is 0 Å². The Balaban J connectivity index is 1.38. The van der Waals surface area contributed by atoms with E-state index < -0.39 is 23.6 Å². The van der Waals surface area contributed by atoms with Crippen LogP contribution < -0.4 is 19.5 Å². The minimum atomic E-state index is -1.06. The average molecular weight is 511 g/mol. The van der Waals surface area contributed by atoms with Gasteiger partial charge >= 0.3 is 0 Å². The van der Waals surface area contributed by atoms with Gasteiger partial charge in [0.1, 0.15) is 17.4 Å². The molecule has 1 amide bonds. The van der Waals surface area contributed by atoms with Crippen LogP contribution in [0, 0.1) is 11.6 Å². The predicted octanol–water partition coefficient (Wildman–Crippen LogP) is 4.76. The van der Waals surface area contributed by atoms with Gasteiger partial charge in [-0.15, -0.1) is 0 Å². The van der Waals surface area contributed by atoms with Crippen LogP contribution in [0.1, 0.15) is 18.4 Å². The minimum absolute atomic E-state index is 0.0125. The third kappa shape index (κ3) is 6.55. The van der Waals surface area contributed by atoms with Gasteiger partial charge in [-0.3, -0.25) is 9.69 Å². The van der Waals surface area contributed by atoms with E-state index in [2.05, 4.69) is 10.2 Å². The highest BCUT2D eigenvalue weighted by atomic mass is 19.1. The summed E-state index contributed by atoms with van der Waals surface area (Å²) in [5.41, 5.74) is 1.00. The number of hydrogen-bond acceptors (Lipinski definition) is 6. The second-order valence-corrected chi connectivity index (χ2v) is 9.05. The maximum atomic E-state index is 14.3. The van der Waals surface area contributed by atoms with E-state index in [1.807, 2.05) is 18.2 Å². The number of fused-ring (bicyclic) bond motifs is 1. The first-order valence-corrected chi connectivity index (χ1v) is 12.2. The van der Waals surface area contributed by atoms with E-state index in [1.54, 1.807) is 18.2 Å². The number of halogens is 2. The highest BCUT2D eigenvalue weighted by Gasteiger charge is 2.28. The molecule has 2 aliphatic rings. The SMILES string of the molecule is O=C(Nc1ccccc1F)[C@@H](CN(Cc1ccc2c(c1)OCO2)C[C@@H]1CCCO1)Oc1cccc(F)c1. The fourth-order valence-corrected chi connectivity index (χ4v) is 4.47. The molecular weight excluding hydrogens is 482 g/mol. The number of rotatable bonds is 10. The van der Waals surface area contributed by atoms with E-state index in [0.29, 0.717) is 31.2 Å². The Kier molecular flexibility index (Phi) is 7.82. The molecule has 5 rings (SSSR count).